The lowest BCUT2D eigenvalue weighted by atomic mass is 9.99. The number of hydrogen-bond acceptors (Lipinski definition) is 8. The number of carbonyl (C=O) groups excluding carboxylic acids is 2. The molecule has 6 nitrogen and oxygen atoms in total. The molecule has 5 rings (SSSR count). The average molecular weight is 620 g/mol. The molecule has 0 saturated carbocycles. The second kappa shape index (κ2) is 12.0. The van der Waals surface area contributed by atoms with Gasteiger partial charge in [0.05, 0.1) is 34.4 Å². The molecule has 0 atom stereocenters. The van der Waals surface area contributed by atoms with E-state index in [1.54, 1.807) is 13.8 Å². The average Bonchev–Trinajstić information content (AvgIpc) is 3.60. The largest absolute Gasteiger partial charge is 0.462 e. The van der Waals surface area contributed by atoms with Crippen LogP contribution < -0.4 is 0 Å². The molecule has 5 aromatic rings. The summed E-state index contributed by atoms with van der Waals surface area (Å²) in [5, 5.41) is 0. The molecule has 0 radical (unpaired) electrons. The quantitative estimate of drug-likeness (QED) is 0.162. The molecule has 0 amide bonds. The Balaban J connectivity index is 1.56. The van der Waals surface area contributed by atoms with Gasteiger partial charge in [0.15, 0.2) is 0 Å². The van der Waals surface area contributed by atoms with Gasteiger partial charge in [0.1, 0.15) is 11.1 Å². The van der Waals surface area contributed by atoms with Crippen LogP contribution in [0.1, 0.15) is 34.6 Å². The van der Waals surface area contributed by atoms with Crippen molar-refractivity contribution in [2.24, 2.45) is 0 Å². The van der Waals surface area contributed by atoms with Crippen LogP contribution >= 0.6 is 39.0 Å². The summed E-state index contributed by atoms with van der Waals surface area (Å²) in [7, 11) is 0. The summed E-state index contributed by atoms with van der Waals surface area (Å²) >= 11 is 5.98. The van der Waals surface area contributed by atoms with Gasteiger partial charge in [-0.25, -0.2) is 9.59 Å². The highest BCUT2D eigenvalue weighted by Gasteiger charge is 2.26. The van der Waals surface area contributed by atoms with Crippen LogP contribution in [-0.2, 0) is 9.47 Å². The van der Waals surface area contributed by atoms with Gasteiger partial charge in [0, 0.05) is 15.6 Å². The van der Waals surface area contributed by atoms with Crippen molar-refractivity contribution in [1.29, 1.82) is 0 Å². The van der Waals surface area contributed by atoms with Gasteiger partial charge in [-0.05, 0) is 60.2 Å². The second-order valence-corrected chi connectivity index (χ2v) is 10.8. The van der Waals surface area contributed by atoms with Crippen LogP contribution in [0.3, 0.4) is 0 Å². The molecule has 0 bridgehead atoms. The Morgan fingerprint density at radius 1 is 0.641 bits per heavy atom. The van der Waals surface area contributed by atoms with E-state index >= 15 is 0 Å². The van der Waals surface area contributed by atoms with Crippen molar-refractivity contribution in [3.8, 4) is 43.4 Å². The van der Waals surface area contributed by atoms with Gasteiger partial charge in [0.25, 0.3) is 0 Å². The van der Waals surface area contributed by atoms with Crippen molar-refractivity contribution in [2.75, 3.05) is 13.2 Å². The molecule has 2 aromatic heterocycles. The van der Waals surface area contributed by atoms with Crippen molar-refractivity contribution < 1.29 is 19.1 Å². The van der Waals surface area contributed by atoms with Crippen molar-refractivity contribution in [1.82, 2.24) is 8.75 Å². The number of rotatable bonds is 8. The van der Waals surface area contributed by atoms with Gasteiger partial charge in [-0.1, -0.05) is 82.7 Å². The summed E-state index contributed by atoms with van der Waals surface area (Å²) < 4.78 is 21.0. The van der Waals surface area contributed by atoms with E-state index in [9.17, 15) is 9.59 Å². The minimum atomic E-state index is -0.417. The van der Waals surface area contributed by atoms with E-state index in [2.05, 4.69) is 24.7 Å². The molecule has 0 saturated heterocycles. The normalized spacial score (nSPS) is 10.8. The molecular formula is C30H23BrN2O4S2. The lowest BCUT2D eigenvalue weighted by Crippen LogP contribution is -2.07. The number of hydrogen-bond donors (Lipinski definition) is 0. The molecule has 9 heteroatoms. The number of esters is 2. The van der Waals surface area contributed by atoms with E-state index in [4.69, 9.17) is 9.47 Å². The fourth-order valence-corrected chi connectivity index (χ4v) is 6.18. The number of benzene rings is 3. The number of halogens is 1. The van der Waals surface area contributed by atoms with Gasteiger partial charge in [0.2, 0.25) is 0 Å². The summed E-state index contributed by atoms with van der Waals surface area (Å²) in [5.74, 6) is -0.827. The van der Waals surface area contributed by atoms with E-state index in [1.807, 2.05) is 78.9 Å². The first-order valence-corrected chi connectivity index (χ1v) is 14.6. The minimum Gasteiger partial charge on any atom is -0.462 e. The van der Waals surface area contributed by atoms with Crippen molar-refractivity contribution >= 4 is 50.9 Å². The van der Waals surface area contributed by atoms with Gasteiger partial charge in [-0.15, -0.1) is 0 Å². The first-order valence-electron chi connectivity index (χ1n) is 12.3. The molecule has 0 aliphatic heterocycles. The lowest BCUT2D eigenvalue weighted by Gasteiger charge is -2.08. The molecule has 0 aliphatic rings. The summed E-state index contributed by atoms with van der Waals surface area (Å²) in [6.45, 7) is 4.09. The van der Waals surface area contributed by atoms with Gasteiger partial charge >= 0.3 is 11.9 Å². The molecule has 39 heavy (non-hydrogen) atoms. The summed E-state index contributed by atoms with van der Waals surface area (Å²) in [6, 6.07) is 25.0. The van der Waals surface area contributed by atoms with Crippen molar-refractivity contribution in [2.45, 2.75) is 13.8 Å². The van der Waals surface area contributed by atoms with E-state index in [-0.39, 0.29) is 13.2 Å². The molecule has 0 spiro atoms. The fourth-order valence-electron chi connectivity index (χ4n) is 4.13. The number of aromatic nitrogens is 2. The van der Waals surface area contributed by atoms with Gasteiger partial charge in [-0.3, -0.25) is 0 Å². The Hall–Kier alpha value is -3.66. The fraction of sp³-hybridized carbons (Fsp3) is 0.133. The Labute approximate surface area is 242 Å². The zero-order chi connectivity index (χ0) is 27.4. The molecule has 0 fully saturated rings. The van der Waals surface area contributed by atoms with Gasteiger partial charge in [-0.2, -0.15) is 8.75 Å². The molecule has 2 heterocycles. The highest BCUT2D eigenvalue weighted by molar-refractivity contribution is 9.10. The third kappa shape index (κ3) is 5.56. The van der Waals surface area contributed by atoms with Crippen LogP contribution in [0.2, 0.25) is 0 Å². The van der Waals surface area contributed by atoms with E-state index in [0.29, 0.717) is 22.5 Å². The van der Waals surface area contributed by atoms with Crippen molar-refractivity contribution in [3.05, 3.63) is 94.5 Å². The van der Waals surface area contributed by atoms with Gasteiger partial charge < -0.3 is 9.47 Å². The molecular weight excluding hydrogens is 596 g/mol. The predicted octanol–water partition coefficient (Wildman–Crippen LogP) is 8.38. The van der Waals surface area contributed by atoms with Crippen LogP contribution in [0.4, 0.5) is 0 Å². The summed E-state index contributed by atoms with van der Waals surface area (Å²) in [5.41, 5.74) is 5.31. The smallest absolute Gasteiger partial charge is 0.341 e. The first kappa shape index (κ1) is 26.9. The molecule has 196 valence electrons. The van der Waals surface area contributed by atoms with E-state index < -0.39 is 11.9 Å². The molecule has 3 aromatic carbocycles. The summed E-state index contributed by atoms with van der Waals surface area (Å²) in [4.78, 5) is 27.6. The number of nitrogens with zero attached hydrogens (tertiary/aromatic N) is 2. The van der Waals surface area contributed by atoms with E-state index in [0.717, 1.165) is 36.5 Å². The maximum absolute atomic E-state index is 13.0. The van der Waals surface area contributed by atoms with Crippen LogP contribution in [0.25, 0.3) is 43.4 Å². The maximum atomic E-state index is 13.0. The highest BCUT2D eigenvalue weighted by atomic mass is 79.9. The zero-order valence-corrected chi connectivity index (χ0v) is 24.4. The Kier molecular flexibility index (Phi) is 8.30. The van der Waals surface area contributed by atoms with Crippen LogP contribution in [-0.4, -0.2) is 33.9 Å². The third-order valence-electron chi connectivity index (χ3n) is 5.92. The van der Waals surface area contributed by atoms with Crippen LogP contribution in [0.5, 0.6) is 0 Å². The zero-order valence-electron chi connectivity index (χ0n) is 21.1. The van der Waals surface area contributed by atoms with E-state index in [1.165, 1.54) is 23.1 Å². The molecule has 0 N–H and O–H groups in total. The Morgan fingerprint density at radius 3 is 1.49 bits per heavy atom. The standard InChI is InChI=1S/C30H23BrN2O4S2/c1-3-36-29(34)23-25(32-38-27(23)20-8-6-5-7-9-20)18-10-12-19(13-11-18)26-24(30(35)37-4-2)28(39-33-26)21-14-16-22(31)17-15-21/h5-17H,3-4H2,1-2H3. The monoisotopic (exact) mass is 618 g/mol. The van der Waals surface area contributed by atoms with Crippen molar-refractivity contribution in [3.63, 3.8) is 0 Å². The Bertz CT molecular complexity index is 1610. The first-order chi connectivity index (χ1) is 19.0. The lowest BCUT2D eigenvalue weighted by molar-refractivity contribution is 0.0518. The maximum Gasteiger partial charge on any atom is 0.341 e. The van der Waals surface area contributed by atoms with Crippen LogP contribution in [0.15, 0.2) is 83.3 Å². The Morgan fingerprint density at radius 2 is 1.05 bits per heavy atom. The SMILES string of the molecule is CCOC(=O)c1c(-c2ccc(-c3nsc(-c4ccc(Br)cc4)c3C(=O)OCC)cc2)nsc1-c1ccccc1. The topological polar surface area (TPSA) is 78.4 Å². The van der Waals surface area contributed by atoms with Crippen LogP contribution in [0, 0.1) is 0 Å². The highest BCUT2D eigenvalue weighted by Crippen LogP contribution is 2.39. The number of carbonyl (C=O) groups is 2. The predicted molar refractivity (Wildman–Crippen MR) is 159 cm³/mol. The number of ether oxygens (including phenoxy) is 2. The third-order valence-corrected chi connectivity index (χ3v) is 8.24. The molecule has 0 unspecified atom stereocenters. The second-order valence-electron chi connectivity index (χ2n) is 8.36. The molecule has 0 aliphatic carbocycles. The summed E-state index contributed by atoms with van der Waals surface area (Å²) in [6.07, 6.45) is 0. The minimum absolute atomic E-state index is 0.261.